The van der Waals surface area contributed by atoms with Crippen molar-refractivity contribution in [3.05, 3.63) is 41.9 Å². The Morgan fingerprint density at radius 1 is 1.23 bits per heavy atom. The Balaban J connectivity index is 1.99. The third-order valence-corrected chi connectivity index (χ3v) is 3.01. The molecule has 2 aromatic rings. The van der Waals surface area contributed by atoms with Crippen LogP contribution in [0.2, 0.25) is 0 Å². The quantitative estimate of drug-likeness (QED) is 0.675. The van der Waals surface area contributed by atoms with Crippen molar-refractivity contribution >= 4 is 5.96 Å². The molecule has 5 heteroatoms. The second kappa shape index (κ2) is 6.64. The van der Waals surface area contributed by atoms with Crippen LogP contribution in [0.25, 0.3) is 11.3 Å². The molecule has 1 heterocycles. The first kappa shape index (κ1) is 16.1. The Hall–Kier alpha value is -2.30. The van der Waals surface area contributed by atoms with Crippen molar-refractivity contribution in [3.63, 3.8) is 0 Å². The molecule has 2 rings (SSSR count). The van der Waals surface area contributed by atoms with Crippen LogP contribution in [-0.4, -0.2) is 23.5 Å². The Morgan fingerprint density at radius 2 is 1.91 bits per heavy atom. The summed E-state index contributed by atoms with van der Waals surface area (Å²) < 4.78 is 5.78. The maximum Gasteiger partial charge on any atom is 0.214 e. The van der Waals surface area contributed by atoms with Gasteiger partial charge in [0.05, 0.1) is 12.7 Å². The lowest BCUT2D eigenvalue weighted by Crippen LogP contribution is -2.47. The van der Waals surface area contributed by atoms with Crippen LogP contribution in [-0.2, 0) is 6.54 Å². The maximum atomic E-state index is 5.78. The molecule has 2 N–H and O–H groups in total. The van der Waals surface area contributed by atoms with Crippen LogP contribution in [0, 0.1) is 6.92 Å². The zero-order valence-corrected chi connectivity index (χ0v) is 13.9. The fourth-order valence-electron chi connectivity index (χ4n) is 1.94. The summed E-state index contributed by atoms with van der Waals surface area (Å²) in [7, 11) is 1.74. The molecule has 118 valence electrons. The molecule has 1 aromatic heterocycles. The van der Waals surface area contributed by atoms with E-state index in [0.717, 1.165) is 17.3 Å². The highest BCUT2D eigenvalue weighted by Gasteiger charge is 2.12. The molecule has 1 aromatic carbocycles. The SMILES string of the molecule is CN=C(NCc1ncc(-c2ccc(C)cc2)o1)NC(C)(C)C. The summed E-state index contributed by atoms with van der Waals surface area (Å²) in [5, 5.41) is 6.49. The van der Waals surface area contributed by atoms with E-state index in [-0.39, 0.29) is 5.54 Å². The molecule has 0 atom stereocenters. The van der Waals surface area contributed by atoms with E-state index in [9.17, 15) is 0 Å². The van der Waals surface area contributed by atoms with Crippen molar-refractivity contribution in [1.82, 2.24) is 15.6 Å². The van der Waals surface area contributed by atoms with E-state index in [1.807, 2.05) is 12.1 Å². The molecule has 22 heavy (non-hydrogen) atoms. The van der Waals surface area contributed by atoms with Gasteiger partial charge in [0.25, 0.3) is 0 Å². The molecule has 0 saturated carbocycles. The van der Waals surface area contributed by atoms with Gasteiger partial charge in [-0.25, -0.2) is 4.98 Å². The molecule has 0 aliphatic carbocycles. The number of hydrogen-bond acceptors (Lipinski definition) is 3. The first-order chi connectivity index (χ1) is 10.4. The molecule has 0 aliphatic heterocycles. The first-order valence-electron chi connectivity index (χ1n) is 7.38. The van der Waals surface area contributed by atoms with Gasteiger partial charge in [0, 0.05) is 18.2 Å². The summed E-state index contributed by atoms with van der Waals surface area (Å²) in [6.45, 7) is 8.80. The zero-order valence-electron chi connectivity index (χ0n) is 13.9. The van der Waals surface area contributed by atoms with Gasteiger partial charge < -0.3 is 15.1 Å². The van der Waals surface area contributed by atoms with Crippen LogP contribution in [0.5, 0.6) is 0 Å². The minimum absolute atomic E-state index is 0.0501. The Bertz CT molecular complexity index is 635. The number of nitrogens with zero attached hydrogens (tertiary/aromatic N) is 2. The molecule has 0 spiro atoms. The van der Waals surface area contributed by atoms with E-state index < -0.39 is 0 Å². The van der Waals surface area contributed by atoms with Gasteiger partial charge in [-0.2, -0.15) is 0 Å². The molecule has 0 amide bonds. The highest BCUT2D eigenvalue weighted by atomic mass is 16.4. The Kier molecular flexibility index (Phi) is 4.85. The summed E-state index contributed by atoms with van der Waals surface area (Å²) in [5.41, 5.74) is 2.20. The highest BCUT2D eigenvalue weighted by molar-refractivity contribution is 5.80. The number of benzene rings is 1. The fourth-order valence-corrected chi connectivity index (χ4v) is 1.94. The average molecular weight is 300 g/mol. The van der Waals surface area contributed by atoms with Crippen molar-refractivity contribution in [1.29, 1.82) is 0 Å². The van der Waals surface area contributed by atoms with Crippen molar-refractivity contribution in [2.45, 2.75) is 39.8 Å². The smallest absolute Gasteiger partial charge is 0.214 e. The van der Waals surface area contributed by atoms with E-state index in [1.165, 1.54) is 5.56 Å². The number of guanidine groups is 1. The lowest BCUT2D eigenvalue weighted by molar-refractivity contribution is 0.479. The zero-order chi connectivity index (χ0) is 16.2. The first-order valence-corrected chi connectivity index (χ1v) is 7.38. The highest BCUT2D eigenvalue weighted by Crippen LogP contribution is 2.20. The topological polar surface area (TPSA) is 62.5 Å². The van der Waals surface area contributed by atoms with Gasteiger partial charge in [-0.3, -0.25) is 4.99 Å². The number of aryl methyl sites for hydroxylation is 1. The fraction of sp³-hybridized carbons (Fsp3) is 0.412. The van der Waals surface area contributed by atoms with E-state index in [0.29, 0.717) is 12.4 Å². The third kappa shape index (κ3) is 4.62. The third-order valence-electron chi connectivity index (χ3n) is 3.01. The number of nitrogens with one attached hydrogen (secondary N) is 2. The Labute approximate surface area is 131 Å². The van der Waals surface area contributed by atoms with Crippen LogP contribution in [0.15, 0.2) is 39.9 Å². The van der Waals surface area contributed by atoms with Crippen LogP contribution in [0.1, 0.15) is 32.2 Å². The molecule has 0 unspecified atom stereocenters. The van der Waals surface area contributed by atoms with Gasteiger partial charge >= 0.3 is 0 Å². The number of aromatic nitrogens is 1. The second-order valence-corrected chi connectivity index (χ2v) is 6.29. The minimum atomic E-state index is -0.0501. The van der Waals surface area contributed by atoms with Gasteiger partial charge in [0.1, 0.15) is 0 Å². The number of oxazole rings is 1. The standard InChI is InChI=1S/C17H24N4O/c1-12-6-8-13(9-7-12)14-10-19-15(22-14)11-20-16(18-5)21-17(2,3)4/h6-10H,11H2,1-5H3,(H2,18,20,21). The number of hydrogen-bond donors (Lipinski definition) is 2. The van der Waals surface area contributed by atoms with Crippen LogP contribution < -0.4 is 10.6 Å². The lowest BCUT2D eigenvalue weighted by atomic mass is 10.1. The summed E-state index contributed by atoms with van der Waals surface area (Å²) in [4.78, 5) is 8.49. The van der Waals surface area contributed by atoms with E-state index in [1.54, 1.807) is 13.2 Å². The van der Waals surface area contributed by atoms with E-state index in [2.05, 4.69) is 60.4 Å². The molecule has 0 bridgehead atoms. The van der Waals surface area contributed by atoms with Crippen molar-refractivity contribution < 1.29 is 4.42 Å². The van der Waals surface area contributed by atoms with Gasteiger partial charge in [-0.05, 0) is 27.7 Å². The van der Waals surface area contributed by atoms with Crippen molar-refractivity contribution in [2.24, 2.45) is 4.99 Å². The second-order valence-electron chi connectivity index (χ2n) is 6.29. The van der Waals surface area contributed by atoms with Gasteiger partial charge in [-0.1, -0.05) is 29.8 Å². The molecule has 5 nitrogen and oxygen atoms in total. The predicted molar refractivity (Wildman–Crippen MR) is 89.8 cm³/mol. The van der Waals surface area contributed by atoms with Gasteiger partial charge in [-0.15, -0.1) is 0 Å². The lowest BCUT2D eigenvalue weighted by Gasteiger charge is -2.23. The van der Waals surface area contributed by atoms with Crippen LogP contribution in [0.4, 0.5) is 0 Å². The predicted octanol–water partition coefficient (Wildman–Crippen LogP) is 3.11. The largest absolute Gasteiger partial charge is 0.439 e. The summed E-state index contributed by atoms with van der Waals surface area (Å²) in [6, 6.07) is 8.19. The van der Waals surface area contributed by atoms with Crippen LogP contribution in [0.3, 0.4) is 0 Å². The van der Waals surface area contributed by atoms with Crippen molar-refractivity contribution in [3.8, 4) is 11.3 Å². The molecular weight excluding hydrogens is 276 g/mol. The minimum Gasteiger partial charge on any atom is -0.439 e. The molecule has 0 fully saturated rings. The molecular formula is C17H24N4O. The van der Waals surface area contributed by atoms with E-state index >= 15 is 0 Å². The Morgan fingerprint density at radius 3 is 2.50 bits per heavy atom. The number of aliphatic imine (C=N–C) groups is 1. The summed E-state index contributed by atoms with van der Waals surface area (Å²) >= 11 is 0. The van der Waals surface area contributed by atoms with Gasteiger partial charge in [0.2, 0.25) is 5.89 Å². The van der Waals surface area contributed by atoms with Crippen LogP contribution >= 0.6 is 0 Å². The summed E-state index contributed by atoms with van der Waals surface area (Å²) in [6.07, 6.45) is 1.75. The summed E-state index contributed by atoms with van der Waals surface area (Å²) in [5.74, 6) is 2.13. The van der Waals surface area contributed by atoms with Gasteiger partial charge in [0.15, 0.2) is 11.7 Å². The molecule has 0 radical (unpaired) electrons. The average Bonchev–Trinajstić information content (AvgIpc) is 2.92. The maximum absolute atomic E-state index is 5.78. The number of rotatable bonds is 3. The molecule has 0 saturated heterocycles. The van der Waals surface area contributed by atoms with Crippen molar-refractivity contribution in [2.75, 3.05) is 7.05 Å². The monoisotopic (exact) mass is 300 g/mol. The van der Waals surface area contributed by atoms with E-state index in [4.69, 9.17) is 4.42 Å². The normalized spacial score (nSPS) is 12.3. The molecule has 0 aliphatic rings.